The van der Waals surface area contributed by atoms with Gasteiger partial charge in [0.1, 0.15) is 11.6 Å². The summed E-state index contributed by atoms with van der Waals surface area (Å²) in [5, 5.41) is 6.51. The zero-order chi connectivity index (χ0) is 20.5. The van der Waals surface area contributed by atoms with Crippen LogP contribution in [0.5, 0.6) is 5.75 Å². The number of fused-ring (bicyclic) bond motifs is 1. The number of aromatic amines is 1. The Hall–Kier alpha value is -3.81. The van der Waals surface area contributed by atoms with Gasteiger partial charge in [-0.15, -0.1) is 0 Å². The Kier molecular flexibility index (Phi) is 4.67. The number of oxazole rings is 1. The van der Waals surface area contributed by atoms with Crippen molar-refractivity contribution < 1.29 is 9.15 Å². The van der Waals surface area contributed by atoms with Crippen LogP contribution in [0.2, 0.25) is 0 Å². The van der Waals surface area contributed by atoms with Gasteiger partial charge in [0, 0.05) is 23.1 Å². The van der Waals surface area contributed by atoms with Crippen LogP contribution in [0.3, 0.4) is 0 Å². The van der Waals surface area contributed by atoms with Crippen molar-refractivity contribution in [3.05, 3.63) is 63.8 Å². The molecule has 4 rings (SSSR count). The van der Waals surface area contributed by atoms with E-state index in [1.165, 1.54) is 0 Å². The molecule has 2 aromatic carbocycles. The van der Waals surface area contributed by atoms with E-state index in [0.717, 1.165) is 33.8 Å². The number of nitrogens with one attached hydrogen (secondary N) is 3. The molecule has 0 bridgehead atoms. The van der Waals surface area contributed by atoms with Crippen LogP contribution in [0, 0.1) is 20.8 Å². The van der Waals surface area contributed by atoms with Crippen LogP contribution in [0.15, 0.2) is 45.7 Å². The Morgan fingerprint density at radius 2 is 1.79 bits per heavy atom. The SMILES string of the molecule is COc1ccc(Nc2ncc(C)c(Nc3cc(C)c4oc(=O)[nH]c4c3)n2)cc1C. The minimum absolute atomic E-state index is 0.470. The summed E-state index contributed by atoms with van der Waals surface area (Å²) in [6.45, 7) is 5.79. The van der Waals surface area contributed by atoms with Gasteiger partial charge in [-0.2, -0.15) is 4.98 Å². The van der Waals surface area contributed by atoms with Gasteiger partial charge in [-0.05, 0) is 62.2 Å². The average molecular weight is 391 g/mol. The molecule has 0 fully saturated rings. The van der Waals surface area contributed by atoms with Crippen LogP contribution < -0.4 is 21.1 Å². The monoisotopic (exact) mass is 391 g/mol. The first-order chi connectivity index (χ1) is 13.9. The molecule has 8 heteroatoms. The second-order valence-corrected chi connectivity index (χ2v) is 6.84. The summed E-state index contributed by atoms with van der Waals surface area (Å²) in [7, 11) is 1.65. The van der Waals surface area contributed by atoms with Crippen LogP contribution in [0.1, 0.15) is 16.7 Å². The van der Waals surface area contributed by atoms with Crippen molar-refractivity contribution >= 4 is 34.2 Å². The van der Waals surface area contributed by atoms with Crippen molar-refractivity contribution in [1.29, 1.82) is 0 Å². The number of methoxy groups -OCH3 is 1. The first kappa shape index (κ1) is 18.5. The zero-order valence-electron chi connectivity index (χ0n) is 16.6. The fourth-order valence-electron chi connectivity index (χ4n) is 3.15. The van der Waals surface area contributed by atoms with Crippen LogP contribution in [-0.4, -0.2) is 22.1 Å². The number of aromatic nitrogens is 3. The molecular weight excluding hydrogens is 370 g/mol. The first-order valence-electron chi connectivity index (χ1n) is 9.09. The van der Waals surface area contributed by atoms with Gasteiger partial charge in [0.05, 0.1) is 12.6 Å². The summed E-state index contributed by atoms with van der Waals surface area (Å²) < 4.78 is 10.5. The Morgan fingerprint density at radius 1 is 1.00 bits per heavy atom. The van der Waals surface area contributed by atoms with E-state index in [4.69, 9.17) is 9.15 Å². The number of aryl methyl sites for hydroxylation is 3. The van der Waals surface area contributed by atoms with Crippen LogP contribution in [0.4, 0.5) is 23.1 Å². The van der Waals surface area contributed by atoms with E-state index < -0.39 is 5.76 Å². The molecule has 148 valence electrons. The van der Waals surface area contributed by atoms with Crippen LogP contribution >= 0.6 is 0 Å². The maximum absolute atomic E-state index is 11.5. The van der Waals surface area contributed by atoms with Gasteiger partial charge < -0.3 is 19.8 Å². The Balaban J connectivity index is 1.62. The molecular formula is C21H21N5O3. The minimum atomic E-state index is -0.472. The lowest BCUT2D eigenvalue weighted by Crippen LogP contribution is -2.03. The lowest BCUT2D eigenvalue weighted by atomic mass is 10.2. The molecule has 0 saturated heterocycles. The molecule has 0 aliphatic heterocycles. The fraction of sp³-hybridized carbons (Fsp3) is 0.190. The summed E-state index contributed by atoms with van der Waals surface area (Å²) in [5.41, 5.74) is 5.60. The van der Waals surface area contributed by atoms with E-state index >= 15 is 0 Å². The smallest absolute Gasteiger partial charge is 0.417 e. The Labute approximate surface area is 167 Å². The molecule has 3 N–H and O–H groups in total. The molecule has 8 nitrogen and oxygen atoms in total. The highest BCUT2D eigenvalue weighted by atomic mass is 16.5. The summed E-state index contributed by atoms with van der Waals surface area (Å²) in [6, 6.07) is 9.50. The molecule has 0 radical (unpaired) electrons. The predicted molar refractivity (Wildman–Crippen MR) is 113 cm³/mol. The van der Waals surface area contributed by atoms with E-state index in [9.17, 15) is 4.79 Å². The van der Waals surface area contributed by atoms with Gasteiger partial charge in [-0.1, -0.05) is 0 Å². The highest BCUT2D eigenvalue weighted by Gasteiger charge is 2.10. The van der Waals surface area contributed by atoms with Gasteiger partial charge in [0.15, 0.2) is 5.58 Å². The number of rotatable bonds is 5. The Morgan fingerprint density at radius 3 is 2.55 bits per heavy atom. The van der Waals surface area contributed by atoms with Gasteiger partial charge in [0.25, 0.3) is 0 Å². The molecule has 2 heterocycles. The van der Waals surface area contributed by atoms with Crippen molar-refractivity contribution in [2.75, 3.05) is 17.7 Å². The van der Waals surface area contributed by atoms with Gasteiger partial charge in [0.2, 0.25) is 5.95 Å². The Bertz CT molecular complexity index is 1260. The summed E-state index contributed by atoms with van der Waals surface area (Å²) in [4.78, 5) is 23.1. The maximum atomic E-state index is 11.5. The van der Waals surface area contributed by atoms with E-state index in [1.54, 1.807) is 13.3 Å². The third kappa shape index (κ3) is 3.77. The molecule has 0 aliphatic carbocycles. The van der Waals surface area contributed by atoms with E-state index in [1.807, 2.05) is 51.1 Å². The number of benzene rings is 2. The molecule has 0 unspecified atom stereocenters. The van der Waals surface area contributed by atoms with Crippen molar-refractivity contribution in [2.45, 2.75) is 20.8 Å². The molecule has 4 aromatic rings. The van der Waals surface area contributed by atoms with Crippen molar-refractivity contribution in [3.63, 3.8) is 0 Å². The number of nitrogens with zero attached hydrogens (tertiary/aromatic N) is 2. The maximum Gasteiger partial charge on any atom is 0.417 e. The molecule has 0 spiro atoms. The highest BCUT2D eigenvalue weighted by Crippen LogP contribution is 2.27. The standard InChI is InChI=1S/C21H21N5O3/c1-11-7-14(5-6-17(11)28-4)24-20-22-10-13(3)19(26-20)23-15-8-12(2)18-16(9-15)25-21(27)29-18/h5-10H,1-4H3,(H,25,27)(H2,22,23,24,26). The van der Waals surface area contributed by atoms with E-state index in [0.29, 0.717) is 22.9 Å². The number of hydrogen-bond donors (Lipinski definition) is 3. The third-order valence-corrected chi connectivity index (χ3v) is 4.59. The van der Waals surface area contributed by atoms with Gasteiger partial charge >= 0.3 is 5.76 Å². The second kappa shape index (κ2) is 7.31. The number of hydrogen-bond acceptors (Lipinski definition) is 7. The summed E-state index contributed by atoms with van der Waals surface area (Å²) >= 11 is 0. The first-order valence-corrected chi connectivity index (χ1v) is 9.09. The second-order valence-electron chi connectivity index (χ2n) is 6.84. The topological polar surface area (TPSA) is 105 Å². The molecule has 0 saturated carbocycles. The van der Waals surface area contributed by atoms with E-state index in [2.05, 4.69) is 25.6 Å². The van der Waals surface area contributed by atoms with Gasteiger partial charge in [-0.3, -0.25) is 4.98 Å². The summed E-state index contributed by atoms with van der Waals surface area (Å²) in [6.07, 6.45) is 1.75. The lowest BCUT2D eigenvalue weighted by molar-refractivity contribution is 0.412. The van der Waals surface area contributed by atoms with Gasteiger partial charge in [-0.25, -0.2) is 9.78 Å². The average Bonchev–Trinajstić information content (AvgIpc) is 3.05. The largest absolute Gasteiger partial charge is 0.496 e. The molecule has 0 amide bonds. The van der Waals surface area contributed by atoms with E-state index in [-0.39, 0.29) is 0 Å². The normalized spacial score (nSPS) is 10.9. The number of anilines is 4. The molecule has 0 atom stereocenters. The van der Waals surface area contributed by atoms with Crippen molar-refractivity contribution in [3.8, 4) is 5.75 Å². The number of ether oxygens (including phenoxy) is 1. The molecule has 0 aliphatic rings. The van der Waals surface area contributed by atoms with Crippen LogP contribution in [-0.2, 0) is 0 Å². The zero-order valence-corrected chi connectivity index (χ0v) is 16.6. The summed E-state index contributed by atoms with van der Waals surface area (Å²) in [5.74, 6) is 1.49. The number of H-pyrrole nitrogens is 1. The lowest BCUT2D eigenvalue weighted by Gasteiger charge is -2.12. The third-order valence-electron chi connectivity index (χ3n) is 4.59. The predicted octanol–water partition coefficient (Wildman–Crippen LogP) is 4.33. The van der Waals surface area contributed by atoms with Crippen LogP contribution in [0.25, 0.3) is 11.1 Å². The highest BCUT2D eigenvalue weighted by molar-refractivity contribution is 5.81. The van der Waals surface area contributed by atoms with Crippen molar-refractivity contribution in [2.24, 2.45) is 0 Å². The minimum Gasteiger partial charge on any atom is -0.496 e. The van der Waals surface area contributed by atoms with Crippen molar-refractivity contribution in [1.82, 2.24) is 15.0 Å². The molecule has 2 aromatic heterocycles. The quantitative estimate of drug-likeness (QED) is 0.465. The fourth-order valence-corrected chi connectivity index (χ4v) is 3.15. The molecule has 29 heavy (non-hydrogen) atoms.